The lowest BCUT2D eigenvalue weighted by atomic mass is 10.0. The van der Waals surface area contributed by atoms with Gasteiger partial charge in [-0.05, 0) is 50.6 Å². The van der Waals surface area contributed by atoms with Crippen LogP contribution in [-0.4, -0.2) is 46.4 Å². The highest BCUT2D eigenvalue weighted by atomic mass is 32.1. The van der Waals surface area contributed by atoms with Crippen LogP contribution in [0.5, 0.6) is 0 Å². The minimum absolute atomic E-state index is 0.294. The molecule has 1 aliphatic rings. The summed E-state index contributed by atoms with van der Waals surface area (Å²) in [5.74, 6) is -0.718. The minimum Gasteiger partial charge on any atom is -0.462 e. The molecule has 3 aromatic rings. The van der Waals surface area contributed by atoms with E-state index in [0.29, 0.717) is 28.5 Å². The van der Waals surface area contributed by atoms with E-state index in [2.05, 4.69) is 15.2 Å². The molecule has 0 aromatic carbocycles. The zero-order chi connectivity index (χ0) is 19.8. The number of aryl methyl sites for hydroxylation is 1. The first-order chi connectivity index (χ1) is 13.5. The van der Waals surface area contributed by atoms with E-state index in [1.165, 1.54) is 11.3 Å². The minimum atomic E-state index is -0.384. The fourth-order valence-electron chi connectivity index (χ4n) is 3.40. The second-order valence-corrected chi connectivity index (χ2v) is 8.07. The third-order valence-corrected chi connectivity index (χ3v) is 5.93. The number of likely N-dealkylation sites (N-methyl/N-ethyl adjacent to an activating group) is 1. The van der Waals surface area contributed by atoms with Crippen molar-refractivity contribution in [2.75, 3.05) is 25.5 Å². The lowest BCUT2D eigenvalue weighted by molar-refractivity contribution is 0.0526. The number of fused-ring (bicyclic) bond motifs is 2. The number of hydrogen-bond acceptors (Lipinski definition) is 6. The molecule has 0 unspecified atom stereocenters. The van der Waals surface area contributed by atoms with Crippen molar-refractivity contribution in [2.24, 2.45) is 0 Å². The first kappa shape index (κ1) is 18.6. The first-order valence-corrected chi connectivity index (χ1v) is 10.0. The first-order valence-electron chi connectivity index (χ1n) is 9.23. The van der Waals surface area contributed by atoms with Crippen molar-refractivity contribution in [3.05, 3.63) is 51.8 Å². The number of aromatic nitrogens is 2. The monoisotopic (exact) mass is 398 g/mol. The van der Waals surface area contributed by atoms with Gasteiger partial charge in [0.05, 0.1) is 12.2 Å². The standard InChI is InChI=1S/C20H22N4O3S/c1-4-27-20(26)17-13-6-7-23(3)11-15(13)28-19(17)22-18(25)14-10-24-8-5-12(2)9-16(24)21-14/h5,8-10H,4,6-7,11H2,1-3H3,(H,22,25). The van der Waals surface area contributed by atoms with E-state index in [4.69, 9.17) is 4.74 Å². The number of nitrogens with one attached hydrogen (secondary N) is 1. The number of hydrogen-bond donors (Lipinski definition) is 1. The maximum absolute atomic E-state index is 12.8. The second kappa shape index (κ2) is 7.37. The van der Waals surface area contributed by atoms with Gasteiger partial charge in [0.2, 0.25) is 0 Å². The average Bonchev–Trinajstić information content (AvgIpc) is 3.21. The van der Waals surface area contributed by atoms with E-state index < -0.39 is 0 Å². The number of esters is 1. The van der Waals surface area contributed by atoms with Crippen LogP contribution in [0.2, 0.25) is 0 Å². The summed E-state index contributed by atoms with van der Waals surface area (Å²) in [4.78, 5) is 33.1. The molecule has 4 heterocycles. The van der Waals surface area contributed by atoms with E-state index in [-0.39, 0.29) is 11.9 Å². The summed E-state index contributed by atoms with van der Waals surface area (Å²) in [5, 5.41) is 3.44. The molecule has 0 saturated heterocycles. The van der Waals surface area contributed by atoms with Gasteiger partial charge in [0.1, 0.15) is 16.3 Å². The predicted molar refractivity (Wildman–Crippen MR) is 108 cm³/mol. The van der Waals surface area contributed by atoms with Crippen LogP contribution >= 0.6 is 11.3 Å². The van der Waals surface area contributed by atoms with Gasteiger partial charge in [-0.15, -0.1) is 11.3 Å². The molecule has 0 bridgehead atoms. The van der Waals surface area contributed by atoms with Crippen molar-refractivity contribution in [2.45, 2.75) is 26.8 Å². The van der Waals surface area contributed by atoms with Crippen LogP contribution in [0.15, 0.2) is 24.5 Å². The molecule has 0 saturated carbocycles. The molecule has 0 radical (unpaired) electrons. The Morgan fingerprint density at radius 2 is 2.21 bits per heavy atom. The fourth-order valence-corrected chi connectivity index (χ4v) is 4.71. The summed E-state index contributed by atoms with van der Waals surface area (Å²) in [6, 6.07) is 3.87. The third kappa shape index (κ3) is 3.41. The number of carbonyl (C=O) groups excluding carboxylic acids is 2. The van der Waals surface area contributed by atoms with Gasteiger partial charge < -0.3 is 19.4 Å². The van der Waals surface area contributed by atoms with Crippen molar-refractivity contribution in [1.82, 2.24) is 14.3 Å². The molecule has 3 aromatic heterocycles. The maximum atomic E-state index is 12.8. The van der Waals surface area contributed by atoms with E-state index in [1.54, 1.807) is 13.1 Å². The fraction of sp³-hybridized carbons (Fsp3) is 0.350. The predicted octanol–water partition coefficient (Wildman–Crippen LogP) is 3.12. The number of carbonyl (C=O) groups is 2. The number of rotatable bonds is 4. The van der Waals surface area contributed by atoms with Gasteiger partial charge in [-0.1, -0.05) is 0 Å². The van der Waals surface area contributed by atoms with Crippen LogP contribution in [0.3, 0.4) is 0 Å². The van der Waals surface area contributed by atoms with Crippen LogP contribution in [0, 0.1) is 6.92 Å². The topological polar surface area (TPSA) is 75.9 Å². The average molecular weight is 398 g/mol. The lowest BCUT2D eigenvalue weighted by Crippen LogP contribution is -2.26. The number of amides is 1. The molecule has 1 aliphatic heterocycles. The number of ether oxygens (including phenoxy) is 1. The zero-order valence-corrected chi connectivity index (χ0v) is 16.9. The van der Waals surface area contributed by atoms with Gasteiger partial charge in [0.25, 0.3) is 5.91 Å². The van der Waals surface area contributed by atoms with Crippen molar-refractivity contribution in [3.8, 4) is 0 Å². The van der Waals surface area contributed by atoms with E-state index in [9.17, 15) is 9.59 Å². The van der Waals surface area contributed by atoms with Gasteiger partial charge >= 0.3 is 5.97 Å². The van der Waals surface area contributed by atoms with E-state index in [1.807, 2.05) is 36.7 Å². The Balaban J connectivity index is 1.67. The van der Waals surface area contributed by atoms with E-state index >= 15 is 0 Å². The molecule has 0 aliphatic carbocycles. The van der Waals surface area contributed by atoms with Crippen LogP contribution in [-0.2, 0) is 17.7 Å². The summed E-state index contributed by atoms with van der Waals surface area (Å²) in [7, 11) is 2.05. The summed E-state index contributed by atoms with van der Waals surface area (Å²) in [6.45, 7) is 5.68. The van der Waals surface area contributed by atoms with Crippen molar-refractivity contribution >= 4 is 33.9 Å². The van der Waals surface area contributed by atoms with Crippen LogP contribution < -0.4 is 5.32 Å². The maximum Gasteiger partial charge on any atom is 0.341 e. The highest BCUT2D eigenvalue weighted by Gasteiger charge is 2.29. The number of anilines is 1. The Bertz CT molecular complexity index is 1070. The molecule has 4 rings (SSSR count). The van der Waals surface area contributed by atoms with Crippen LogP contribution in [0.1, 0.15) is 43.8 Å². The number of imidazole rings is 1. The number of nitrogens with zero attached hydrogens (tertiary/aromatic N) is 3. The molecule has 0 fully saturated rings. The Kier molecular flexibility index (Phi) is 4.91. The van der Waals surface area contributed by atoms with Gasteiger partial charge in [-0.25, -0.2) is 9.78 Å². The normalized spacial score (nSPS) is 14.1. The second-order valence-electron chi connectivity index (χ2n) is 6.97. The van der Waals surface area contributed by atoms with Crippen molar-refractivity contribution in [3.63, 3.8) is 0 Å². The van der Waals surface area contributed by atoms with Crippen LogP contribution in [0.25, 0.3) is 5.65 Å². The summed E-state index contributed by atoms with van der Waals surface area (Å²) in [6.07, 6.45) is 4.33. The van der Waals surface area contributed by atoms with E-state index in [0.717, 1.165) is 35.5 Å². The SMILES string of the molecule is CCOC(=O)c1c(NC(=O)c2cn3ccc(C)cc3n2)sc2c1CCN(C)C2. The lowest BCUT2D eigenvalue weighted by Gasteiger charge is -2.22. The molecule has 0 atom stereocenters. The quantitative estimate of drug-likeness (QED) is 0.684. The molecular formula is C20H22N4O3S. The smallest absolute Gasteiger partial charge is 0.341 e. The van der Waals surface area contributed by atoms with Gasteiger partial charge in [-0.3, -0.25) is 4.79 Å². The Labute approximate surface area is 166 Å². The number of pyridine rings is 1. The van der Waals surface area contributed by atoms with Crippen molar-refractivity contribution in [1.29, 1.82) is 0 Å². The van der Waals surface area contributed by atoms with Crippen molar-refractivity contribution < 1.29 is 14.3 Å². The zero-order valence-electron chi connectivity index (χ0n) is 16.1. The molecule has 1 amide bonds. The molecule has 146 valence electrons. The molecule has 8 heteroatoms. The largest absolute Gasteiger partial charge is 0.462 e. The van der Waals surface area contributed by atoms with Gasteiger partial charge in [-0.2, -0.15) is 0 Å². The van der Waals surface area contributed by atoms with Crippen LogP contribution in [0.4, 0.5) is 5.00 Å². The highest BCUT2D eigenvalue weighted by molar-refractivity contribution is 7.17. The third-order valence-electron chi connectivity index (χ3n) is 4.80. The Morgan fingerprint density at radius 3 is 3.00 bits per heavy atom. The highest BCUT2D eigenvalue weighted by Crippen LogP contribution is 2.37. The van der Waals surface area contributed by atoms with Gasteiger partial charge in [0.15, 0.2) is 0 Å². The molecule has 0 spiro atoms. The summed E-state index contributed by atoms with van der Waals surface area (Å²) in [5.41, 5.74) is 3.57. The Hall–Kier alpha value is -2.71. The molecule has 28 heavy (non-hydrogen) atoms. The molecular weight excluding hydrogens is 376 g/mol. The molecule has 1 N–H and O–H groups in total. The van der Waals surface area contributed by atoms with Gasteiger partial charge in [0, 0.05) is 30.4 Å². The Morgan fingerprint density at radius 1 is 1.39 bits per heavy atom. The summed E-state index contributed by atoms with van der Waals surface area (Å²) >= 11 is 1.44. The number of thiophene rings is 1. The molecule has 7 nitrogen and oxygen atoms in total. The summed E-state index contributed by atoms with van der Waals surface area (Å²) < 4.78 is 7.06.